The van der Waals surface area contributed by atoms with E-state index in [1.165, 1.54) is 58.4 Å². The molecule has 1 saturated carbocycles. The van der Waals surface area contributed by atoms with Crippen LogP contribution in [0.1, 0.15) is 32.6 Å². The Bertz CT molecular complexity index is 196. The lowest BCUT2D eigenvalue weighted by Gasteiger charge is -2.35. The van der Waals surface area contributed by atoms with E-state index in [1.54, 1.807) is 0 Å². The first-order valence-electron chi connectivity index (χ1n) is 7.41. The molecule has 2 fully saturated rings. The normalized spacial score (nSPS) is 24.5. The van der Waals surface area contributed by atoms with Crippen LogP contribution in [0.4, 0.5) is 0 Å². The van der Waals surface area contributed by atoms with Crippen LogP contribution in [0.5, 0.6) is 0 Å². The van der Waals surface area contributed by atoms with E-state index in [9.17, 15) is 0 Å². The van der Waals surface area contributed by atoms with Crippen LogP contribution in [-0.4, -0.2) is 62.3 Å². The quantitative estimate of drug-likeness (QED) is 0.659. The molecule has 1 heterocycles. The van der Waals surface area contributed by atoms with Gasteiger partial charge in [0.1, 0.15) is 0 Å². The summed E-state index contributed by atoms with van der Waals surface area (Å²) in [5.41, 5.74) is 0. The fourth-order valence-electron chi connectivity index (χ4n) is 3.09. The Morgan fingerprint density at radius 3 is 2.29 bits per heavy atom. The maximum absolute atomic E-state index is 5.42. The molecule has 2 aliphatic rings. The molecule has 0 atom stereocenters. The number of hydrogen-bond acceptors (Lipinski definition) is 3. The van der Waals surface area contributed by atoms with Gasteiger partial charge in [-0.25, -0.2) is 0 Å². The van der Waals surface area contributed by atoms with Crippen LogP contribution in [0.2, 0.25) is 0 Å². The van der Waals surface area contributed by atoms with Crippen molar-refractivity contribution >= 4 is 0 Å². The molecule has 0 spiro atoms. The van der Waals surface area contributed by atoms with Gasteiger partial charge in [0.25, 0.3) is 0 Å². The highest BCUT2D eigenvalue weighted by Crippen LogP contribution is 2.25. The molecule has 2 rings (SSSR count). The van der Waals surface area contributed by atoms with E-state index in [4.69, 9.17) is 4.74 Å². The highest BCUT2D eigenvalue weighted by Gasteiger charge is 2.21. The number of ether oxygens (including phenoxy) is 1. The first kappa shape index (κ1) is 13.3. The molecule has 0 amide bonds. The standard InChI is InChI=1S/C14H28N2O/c1-2-17-12-11-15-7-9-16(10-8-15)13-14-5-3-4-6-14/h14H,2-13H2,1H3. The molecule has 0 aromatic heterocycles. The Morgan fingerprint density at radius 2 is 1.65 bits per heavy atom. The van der Waals surface area contributed by atoms with Crippen molar-refractivity contribution in [2.24, 2.45) is 5.92 Å². The summed E-state index contributed by atoms with van der Waals surface area (Å²) in [6, 6.07) is 0. The van der Waals surface area contributed by atoms with Gasteiger partial charge < -0.3 is 9.64 Å². The fourth-order valence-corrected chi connectivity index (χ4v) is 3.09. The lowest BCUT2D eigenvalue weighted by Crippen LogP contribution is -2.48. The molecule has 3 heteroatoms. The van der Waals surface area contributed by atoms with Gasteiger partial charge in [-0.15, -0.1) is 0 Å². The van der Waals surface area contributed by atoms with Crippen molar-refractivity contribution in [2.75, 3.05) is 52.5 Å². The molecule has 1 aliphatic heterocycles. The first-order valence-corrected chi connectivity index (χ1v) is 7.41. The van der Waals surface area contributed by atoms with Crippen molar-refractivity contribution in [3.8, 4) is 0 Å². The highest BCUT2D eigenvalue weighted by atomic mass is 16.5. The molecule has 100 valence electrons. The average Bonchev–Trinajstić information content (AvgIpc) is 2.85. The highest BCUT2D eigenvalue weighted by molar-refractivity contribution is 4.76. The van der Waals surface area contributed by atoms with Gasteiger partial charge in [0.15, 0.2) is 0 Å². The van der Waals surface area contributed by atoms with Crippen molar-refractivity contribution in [1.29, 1.82) is 0 Å². The summed E-state index contributed by atoms with van der Waals surface area (Å²) in [5.74, 6) is 1.00. The lowest BCUT2D eigenvalue weighted by atomic mass is 10.1. The summed E-state index contributed by atoms with van der Waals surface area (Å²) in [5, 5.41) is 0. The van der Waals surface area contributed by atoms with E-state index < -0.39 is 0 Å². The maximum Gasteiger partial charge on any atom is 0.0593 e. The second kappa shape index (κ2) is 7.34. The van der Waals surface area contributed by atoms with Crippen LogP contribution in [0.25, 0.3) is 0 Å². The van der Waals surface area contributed by atoms with Gasteiger partial charge in [0, 0.05) is 45.9 Å². The van der Waals surface area contributed by atoms with Crippen LogP contribution in [0, 0.1) is 5.92 Å². The third-order valence-corrected chi connectivity index (χ3v) is 4.21. The Morgan fingerprint density at radius 1 is 1.00 bits per heavy atom. The minimum Gasteiger partial charge on any atom is -0.380 e. The minimum absolute atomic E-state index is 0.849. The summed E-state index contributed by atoms with van der Waals surface area (Å²) in [4.78, 5) is 5.22. The van der Waals surface area contributed by atoms with Crippen molar-refractivity contribution in [3.05, 3.63) is 0 Å². The molecule has 1 aliphatic carbocycles. The van der Waals surface area contributed by atoms with Crippen LogP contribution < -0.4 is 0 Å². The Balaban J connectivity index is 1.57. The summed E-state index contributed by atoms with van der Waals surface area (Å²) in [7, 11) is 0. The van der Waals surface area contributed by atoms with E-state index in [0.29, 0.717) is 0 Å². The zero-order valence-corrected chi connectivity index (χ0v) is 11.4. The Kier molecular flexibility index (Phi) is 5.75. The molecule has 17 heavy (non-hydrogen) atoms. The average molecular weight is 240 g/mol. The van der Waals surface area contributed by atoms with E-state index in [1.807, 2.05) is 0 Å². The Labute approximate surface area is 106 Å². The third kappa shape index (κ3) is 4.57. The van der Waals surface area contributed by atoms with Crippen molar-refractivity contribution in [2.45, 2.75) is 32.6 Å². The van der Waals surface area contributed by atoms with E-state index >= 15 is 0 Å². The fraction of sp³-hybridized carbons (Fsp3) is 1.00. The number of hydrogen-bond donors (Lipinski definition) is 0. The number of rotatable bonds is 6. The van der Waals surface area contributed by atoms with Crippen molar-refractivity contribution in [1.82, 2.24) is 9.80 Å². The topological polar surface area (TPSA) is 15.7 Å². The summed E-state index contributed by atoms with van der Waals surface area (Å²) >= 11 is 0. The monoisotopic (exact) mass is 240 g/mol. The van der Waals surface area contributed by atoms with Crippen LogP contribution in [0.3, 0.4) is 0 Å². The predicted octanol–water partition coefficient (Wildman–Crippen LogP) is 1.83. The van der Waals surface area contributed by atoms with Crippen LogP contribution in [0.15, 0.2) is 0 Å². The number of nitrogens with zero attached hydrogens (tertiary/aromatic N) is 2. The first-order chi connectivity index (χ1) is 8.38. The van der Waals surface area contributed by atoms with Gasteiger partial charge in [0.2, 0.25) is 0 Å². The summed E-state index contributed by atoms with van der Waals surface area (Å²) in [6.07, 6.45) is 5.90. The van der Waals surface area contributed by atoms with Crippen molar-refractivity contribution < 1.29 is 4.74 Å². The molecule has 0 bridgehead atoms. The minimum atomic E-state index is 0.849. The molecular formula is C14H28N2O. The van der Waals surface area contributed by atoms with Gasteiger partial charge in [-0.1, -0.05) is 12.8 Å². The van der Waals surface area contributed by atoms with E-state index in [2.05, 4.69) is 16.7 Å². The van der Waals surface area contributed by atoms with Gasteiger partial charge in [0.05, 0.1) is 6.61 Å². The SMILES string of the molecule is CCOCCN1CCN(CC2CCCC2)CC1. The largest absolute Gasteiger partial charge is 0.380 e. The predicted molar refractivity (Wildman–Crippen MR) is 71.3 cm³/mol. The summed E-state index contributed by atoms with van der Waals surface area (Å²) < 4.78 is 5.42. The van der Waals surface area contributed by atoms with Gasteiger partial charge in [-0.3, -0.25) is 4.90 Å². The maximum atomic E-state index is 5.42. The molecule has 0 aromatic rings. The molecule has 1 saturated heterocycles. The van der Waals surface area contributed by atoms with E-state index in [-0.39, 0.29) is 0 Å². The molecule has 3 nitrogen and oxygen atoms in total. The van der Waals surface area contributed by atoms with Gasteiger partial charge in [-0.05, 0) is 25.7 Å². The van der Waals surface area contributed by atoms with Crippen molar-refractivity contribution in [3.63, 3.8) is 0 Å². The molecule has 0 radical (unpaired) electrons. The zero-order valence-electron chi connectivity index (χ0n) is 11.4. The van der Waals surface area contributed by atoms with Gasteiger partial charge >= 0.3 is 0 Å². The Hall–Kier alpha value is -0.120. The van der Waals surface area contributed by atoms with E-state index in [0.717, 1.165) is 25.7 Å². The smallest absolute Gasteiger partial charge is 0.0593 e. The van der Waals surface area contributed by atoms with Gasteiger partial charge in [-0.2, -0.15) is 0 Å². The summed E-state index contributed by atoms with van der Waals surface area (Å²) in [6.45, 7) is 11.3. The van der Waals surface area contributed by atoms with Crippen LogP contribution >= 0.6 is 0 Å². The van der Waals surface area contributed by atoms with Crippen LogP contribution in [-0.2, 0) is 4.74 Å². The lowest BCUT2D eigenvalue weighted by molar-refractivity contribution is 0.0757. The second-order valence-electron chi connectivity index (χ2n) is 5.49. The zero-order chi connectivity index (χ0) is 11.9. The second-order valence-corrected chi connectivity index (χ2v) is 5.49. The molecule has 0 aromatic carbocycles. The molecule has 0 N–H and O–H groups in total. The third-order valence-electron chi connectivity index (χ3n) is 4.21. The molecular weight excluding hydrogens is 212 g/mol. The number of piperazine rings is 1. The molecule has 0 unspecified atom stereocenters.